The molecule has 0 aliphatic heterocycles. The Balaban J connectivity index is 2.54. The van der Waals surface area contributed by atoms with Gasteiger partial charge in [-0.05, 0) is 32.0 Å². The fourth-order valence-corrected chi connectivity index (χ4v) is 1.54. The molecule has 1 aromatic carbocycles. The van der Waals surface area contributed by atoms with Crippen LogP contribution in [0.25, 0.3) is 0 Å². The Morgan fingerprint density at radius 1 is 1.28 bits per heavy atom. The fourth-order valence-electron chi connectivity index (χ4n) is 1.54. The van der Waals surface area contributed by atoms with Gasteiger partial charge in [0.05, 0.1) is 5.56 Å². The molecule has 0 saturated heterocycles. The molecule has 0 radical (unpaired) electrons. The zero-order valence-electron chi connectivity index (χ0n) is 10.7. The first-order valence-electron chi connectivity index (χ1n) is 5.88. The van der Waals surface area contributed by atoms with Gasteiger partial charge in [0.1, 0.15) is 0 Å². The number of amides is 1. The molecule has 0 aliphatic carbocycles. The Kier molecular flexibility index (Phi) is 5.17. The number of benzene rings is 1. The maximum absolute atomic E-state index is 11.7. The van der Waals surface area contributed by atoms with Gasteiger partial charge in [0.15, 0.2) is 6.61 Å². The monoisotopic (exact) mass is 250 g/mol. The topological polar surface area (TPSA) is 72.6 Å². The van der Waals surface area contributed by atoms with Crippen LogP contribution in [0.1, 0.15) is 24.2 Å². The fraction of sp³-hybridized carbons (Fsp3) is 0.385. The molecule has 0 saturated carbocycles. The van der Waals surface area contributed by atoms with Crippen molar-refractivity contribution < 1.29 is 14.3 Å². The third kappa shape index (κ3) is 3.76. The number of carbonyl (C=O) groups is 2. The summed E-state index contributed by atoms with van der Waals surface area (Å²) in [7, 11) is 0. The van der Waals surface area contributed by atoms with Crippen LogP contribution in [0.15, 0.2) is 24.3 Å². The quantitative estimate of drug-likeness (QED) is 0.631. The van der Waals surface area contributed by atoms with Gasteiger partial charge in [-0.3, -0.25) is 4.79 Å². The molecule has 0 aromatic heterocycles. The number of ether oxygens (including phenoxy) is 1. The lowest BCUT2D eigenvalue weighted by Gasteiger charge is -2.18. The van der Waals surface area contributed by atoms with Crippen molar-refractivity contribution in [3.63, 3.8) is 0 Å². The van der Waals surface area contributed by atoms with Crippen LogP contribution in [0.5, 0.6) is 0 Å². The smallest absolute Gasteiger partial charge is 0.338 e. The summed E-state index contributed by atoms with van der Waals surface area (Å²) in [5.74, 6) is -0.736. The normalized spacial score (nSPS) is 9.89. The van der Waals surface area contributed by atoms with E-state index in [9.17, 15) is 9.59 Å². The molecule has 0 unspecified atom stereocenters. The van der Waals surface area contributed by atoms with E-state index in [1.54, 1.807) is 23.1 Å². The number of anilines is 1. The van der Waals surface area contributed by atoms with Gasteiger partial charge < -0.3 is 15.4 Å². The number of nitrogen functional groups attached to an aromatic ring is 1. The highest BCUT2D eigenvalue weighted by atomic mass is 16.5. The number of nitrogens with two attached hydrogens (primary N) is 1. The Hall–Kier alpha value is -2.04. The molecule has 18 heavy (non-hydrogen) atoms. The molecule has 0 aliphatic rings. The van der Waals surface area contributed by atoms with Gasteiger partial charge in [-0.2, -0.15) is 0 Å². The van der Waals surface area contributed by atoms with E-state index in [0.717, 1.165) is 0 Å². The highest BCUT2D eigenvalue weighted by Gasteiger charge is 2.13. The van der Waals surface area contributed by atoms with E-state index in [-0.39, 0.29) is 12.5 Å². The highest BCUT2D eigenvalue weighted by molar-refractivity contribution is 5.92. The number of nitrogens with zero attached hydrogens (tertiary/aromatic N) is 1. The molecular weight excluding hydrogens is 232 g/mol. The molecular formula is C13H18N2O3. The van der Waals surface area contributed by atoms with Crippen LogP contribution < -0.4 is 5.73 Å². The van der Waals surface area contributed by atoms with Crippen molar-refractivity contribution in [1.29, 1.82) is 0 Å². The van der Waals surface area contributed by atoms with E-state index >= 15 is 0 Å². The second-order valence-electron chi connectivity index (χ2n) is 3.77. The van der Waals surface area contributed by atoms with Crippen molar-refractivity contribution in [2.24, 2.45) is 0 Å². The Morgan fingerprint density at radius 3 is 2.50 bits per heavy atom. The summed E-state index contributed by atoms with van der Waals surface area (Å²) in [6.45, 7) is 4.72. The maximum Gasteiger partial charge on any atom is 0.338 e. The van der Waals surface area contributed by atoms with Crippen molar-refractivity contribution in [3.05, 3.63) is 29.8 Å². The average molecular weight is 250 g/mol. The largest absolute Gasteiger partial charge is 0.452 e. The molecule has 98 valence electrons. The molecule has 5 heteroatoms. The second kappa shape index (κ2) is 6.64. The minimum absolute atomic E-state index is 0.197. The van der Waals surface area contributed by atoms with Gasteiger partial charge in [0.2, 0.25) is 0 Å². The van der Waals surface area contributed by atoms with Gasteiger partial charge in [0.25, 0.3) is 5.91 Å². The Morgan fingerprint density at radius 2 is 1.94 bits per heavy atom. The summed E-state index contributed by atoms with van der Waals surface area (Å²) in [6.07, 6.45) is 0. The summed E-state index contributed by atoms with van der Waals surface area (Å²) in [5.41, 5.74) is 6.40. The predicted octanol–water partition coefficient (Wildman–Crippen LogP) is 1.29. The number of hydrogen-bond donors (Lipinski definition) is 1. The minimum Gasteiger partial charge on any atom is -0.452 e. The van der Waals surface area contributed by atoms with E-state index in [1.165, 1.54) is 6.07 Å². The van der Waals surface area contributed by atoms with Crippen molar-refractivity contribution in [1.82, 2.24) is 4.90 Å². The van der Waals surface area contributed by atoms with Crippen LogP contribution >= 0.6 is 0 Å². The van der Waals surface area contributed by atoms with E-state index in [0.29, 0.717) is 24.3 Å². The van der Waals surface area contributed by atoms with Crippen molar-refractivity contribution >= 4 is 17.6 Å². The lowest BCUT2D eigenvalue weighted by atomic mass is 10.2. The summed E-state index contributed by atoms with van der Waals surface area (Å²) >= 11 is 0. The van der Waals surface area contributed by atoms with E-state index < -0.39 is 5.97 Å². The highest BCUT2D eigenvalue weighted by Crippen LogP contribution is 2.08. The van der Waals surface area contributed by atoms with Gasteiger partial charge in [0, 0.05) is 18.8 Å². The van der Waals surface area contributed by atoms with Crippen molar-refractivity contribution in [2.75, 3.05) is 25.4 Å². The maximum atomic E-state index is 11.7. The first-order chi connectivity index (χ1) is 8.58. The molecule has 0 heterocycles. The van der Waals surface area contributed by atoms with Crippen LogP contribution in [0.4, 0.5) is 5.69 Å². The van der Waals surface area contributed by atoms with E-state index in [1.807, 2.05) is 13.8 Å². The SMILES string of the molecule is CCN(CC)C(=O)COC(=O)c1cccc(N)c1. The van der Waals surface area contributed by atoms with Crippen molar-refractivity contribution in [2.45, 2.75) is 13.8 Å². The van der Waals surface area contributed by atoms with Gasteiger partial charge in [-0.1, -0.05) is 6.07 Å². The average Bonchev–Trinajstić information content (AvgIpc) is 2.37. The molecule has 5 nitrogen and oxygen atoms in total. The van der Waals surface area contributed by atoms with Crippen LogP contribution in [0, 0.1) is 0 Å². The lowest BCUT2D eigenvalue weighted by molar-refractivity contribution is -0.134. The van der Waals surface area contributed by atoms with E-state index in [2.05, 4.69) is 0 Å². The minimum atomic E-state index is -0.539. The predicted molar refractivity (Wildman–Crippen MR) is 69.1 cm³/mol. The molecule has 0 atom stereocenters. The van der Waals surface area contributed by atoms with Crippen LogP contribution in [-0.4, -0.2) is 36.5 Å². The Bertz CT molecular complexity index is 428. The Labute approximate surface area is 107 Å². The van der Waals surface area contributed by atoms with Crippen molar-refractivity contribution in [3.8, 4) is 0 Å². The molecule has 0 bridgehead atoms. The summed E-state index contributed by atoms with van der Waals surface area (Å²) in [4.78, 5) is 24.9. The standard InChI is InChI=1S/C13H18N2O3/c1-3-15(4-2)12(16)9-18-13(17)10-6-5-7-11(14)8-10/h5-8H,3-4,9,14H2,1-2H3. The lowest BCUT2D eigenvalue weighted by Crippen LogP contribution is -2.34. The number of likely N-dealkylation sites (N-methyl/N-ethyl adjacent to an activating group) is 1. The first-order valence-corrected chi connectivity index (χ1v) is 5.88. The molecule has 0 fully saturated rings. The van der Waals surface area contributed by atoms with Gasteiger partial charge in [-0.25, -0.2) is 4.79 Å². The van der Waals surface area contributed by atoms with Gasteiger partial charge in [-0.15, -0.1) is 0 Å². The molecule has 1 amide bonds. The number of rotatable bonds is 5. The zero-order valence-corrected chi connectivity index (χ0v) is 10.7. The number of esters is 1. The molecule has 2 N–H and O–H groups in total. The zero-order chi connectivity index (χ0) is 13.5. The summed E-state index contributed by atoms with van der Waals surface area (Å²) in [6, 6.07) is 6.46. The van der Waals surface area contributed by atoms with E-state index in [4.69, 9.17) is 10.5 Å². The molecule has 1 aromatic rings. The van der Waals surface area contributed by atoms with Crippen LogP contribution in [-0.2, 0) is 9.53 Å². The third-order valence-electron chi connectivity index (χ3n) is 2.57. The summed E-state index contributed by atoms with van der Waals surface area (Å²) < 4.78 is 4.94. The summed E-state index contributed by atoms with van der Waals surface area (Å²) in [5, 5.41) is 0. The first kappa shape index (κ1) is 14.0. The number of hydrogen-bond acceptors (Lipinski definition) is 4. The third-order valence-corrected chi connectivity index (χ3v) is 2.57. The number of carbonyl (C=O) groups excluding carboxylic acids is 2. The molecule has 0 spiro atoms. The second-order valence-corrected chi connectivity index (χ2v) is 3.77. The van der Waals surface area contributed by atoms with Crippen LogP contribution in [0.3, 0.4) is 0 Å². The van der Waals surface area contributed by atoms with Gasteiger partial charge >= 0.3 is 5.97 Å². The van der Waals surface area contributed by atoms with Crippen LogP contribution in [0.2, 0.25) is 0 Å². The molecule has 1 rings (SSSR count).